The maximum absolute atomic E-state index is 13.2. The second-order valence-electron chi connectivity index (χ2n) is 4.85. The maximum Gasteiger partial charge on any atom is 0.285 e. The molecule has 21 heavy (non-hydrogen) atoms. The number of nitro benzene ring substituents is 1. The van der Waals surface area contributed by atoms with Gasteiger partial charge < -0.3 is 10.1 Å². The first-order valence-corrected chi connectivity index (χ1v) is 6.46. The number of nitro groups is 1. The predicted octanol–water partition coefficient (Wildman–Crippen LogP) is 2.17. The van der Waals surface area contributed by atoms with Crippen molar-refractivity contribution >= 4 is 11.6 Å². The number of amides is 1. The molecule has 114 valence electrons. The summed E-state index contributed by atoms with van der Waals surface area (Å²) in [5.41, 5.74) is -1.28. The molecule has 0 aromatic heterocycles. The zero-order valence-electron chi connectivity index (χ0n) is 11.3. The molecule has 1 fully saturated rings. The van der Waals surface area contributed by atoms with Crippen molar-refractivity contribution in [3.63, 3.8) is 0 Å². The smallest absolute Gasteiger partial charge is 0.285 e. The van der Waals surface area contributed by atoms with Gasteiger partial charge in [0.2, 0.25) is 0 Å². The van der Waals surface area contributed by atoms with Gasteiger partial charge in [-0.3, -0.25) is 14.9 Å². The Kier molecular flexibility index (Phi) is 4.46. The van der Waals surface area contributed by atoms with Gasteiger partial charge in [0.05, 0.1) is 23.1 Å². The number of nitrogens with zero attached hydrogens (tertiary/aromatic N) is 1. The van der Waals surface area contributed by atoms with Gasteiger partial charge in [-0.1, -0.05) is 0 Å². The zero-order chi connectivity index (χ0) is 15.6. The van der Waals surface area contributed by atoms with Gasteiger partial charge in [0.25, 0.3) is 11.6 Å². The van der Waals surface area contributed by atoms with Crippen molar-refractivity contribution in [2.24, 2.45) is 0 Å². The van der Waals surface area contributed by atoms with Gasteiger partial charge in [0.15, 0.2) is 11.6 Å². The van der Waals surface area contributed by atoms with Crippen molar-refractivity contribution in [2.45, 2.75) is 31.9 Å². The molecule has 1 aromatic carbocycles. The molecule has 0 bridgehead atoms. The molecule has 1 aliphatic rings. The summed E-state index contributed by atoms with van der Waals surface area (Å²) in [6.07, 6.45) is 1.45. The van der Waals surface area contributed by atoms with Crippen LogP contribution in [0, 0.1) is 21.7 Å². The first-order chi connectivity index (χ1) is 9.90. The van der Waals surface area contributed by atoms with Crippen molar-refractivity contribution in [3.8, 4) is 0 Å². The Morgan fingerprint density at radius 1 is 1.48 bits per heavy atom. The van der Waals surface area contributed by atoms with Crippen LogP contribution in [0.5, 0.6) is 0 Å². The molecular weight excluding hydrogens is 286 g/mol. The van der Waals surface area contributed by atoms with E-state index in [1.807, 2.05) is 0 Å². The molecule has 1 saturated heterocycles. The molecule has 1 amide bonds. The fraction of sp³-hybridized carbons (Fsp3) is 0.462. The third kappa shape index (κ3) is 3.33. The zero-order valence-corrected chi connectivity index (χ0v) is 11.3. The van der Waals surface area contributed by atoms with Gasteiger partial charge in [-0.25, -0.2) is 8.78 Å². The first-order valence-electron chi connectivity index (χ1n) is 6.46. The molecule has 1 aliphatic heterocycles. The molecule has 6 nitrogen and oxygen atoms in total. The molecule has 0 aliphatic carbocycles. The summed E-state index contributed by atoms with van der Waals surface area (Å²) < 4.78 is 31.7. The van der Waals surface area contributed by atoms with Crippen LogP contribution >= 0.6 is 0 Å². The summed E-state index contributed by atoms with van der Waals surface area (Å²) in [6, 6.07) is 0.555. The number of hydrogen-bond acceptors (Lipinski definition) is 4. The topological polar surface area (TPSA) is 81.5 Å². The maximum atomic E-state index is 13.2. The van der Waals surface area contributed by atoms with E-state index < -0.39 is 33.7 Å². The van der Waals surface area contributed by atoms with Crippen LogP contribution < -0.4 is 5.32 Å². The van der Waals surface area contributed by atoms with Crippen molar-refractivity contribution in [3.05, 3.63) is 39.4 Å². The molecule has 0 radical (unpaired) electrons. The summed E-state index contributed by atoms with van der Waals surface area (Å²) in [4.78, 5) is 22.0. The molecule has 0 saturated carbocycles. The second kappa shape index (κ2) is 6.13. The van der Waals surface area contributed by atoms with Crippen LogP contribution in [-0.2, 0) is 4.74 Å². The average molecular weight is 300 g/mol. The van der Waals surface area contributed by atoms with Crippen LogP contribution in [0.15, 0.2) is 12.1 Å². The van der Waals surface area contributed by atoms with Gasteiger partial charge in [0.1, 0.15) is 5.56 Å². The van der Waals surface area contributed by atoms with Crippen LogP contribution in [0.25, 0.3) is 0 Å². The summed E-state index contributed by atoms with van der Waals surface area (Å²) in [5, 5.41) is 13.4. The van der Waals surface area contributed by atoms with Crippen molar-refractivity contribution < 1.29 is 23.2 Å². The quantitative estimate of drug-likeness (QED) is 0.682. The molecule has 0 spiro atoms. The molecule has 2 unspecified atom stereocenters. The lowest BCUT2D eigenvalue weighted by Crippen LogP contribution is -2.41. The Bertz CT molecular complexity index is 574. The SMILES string of the molecule is CC(NC(=O)c1cc(F)c(F)cc1[N+](=O)[O-])C1CCCO1. The minimum absolute atomic E-state index is 0.182. The Balaban J connectivity index is 2.21. The highest BCUT2D eigenvalue weighted by Crippen LogP contribution is 2.23. The van der Waals surface area contributed by atoms with Gasteiger partial charge in [-0.05, 0) is 25.8 Å². The third-order valence-electron chi connectivity index (χ3n) is 3.36. The van der Waals surface area contributed by atoms with Gasteiger partial charge >= 0.3 is 0 Å². The lowest BCUT2D eigenvalue weighted by atomic mass is 10.1. The number of hydrogen-bond donors (Lipinski definition) is 1. The standard InChI is InChI=1S/C13H14F2N2O4/c1-7(12-3-2-4-21-12)16-13(18)8-5-9(14)10(15)6-11(8)17(19)20/h5-7,12H,2-4H2,1H3,(H,16,18). The average Bonchev–Trinajstić information content (AvgIpc) is 2.95. The third-order valence-corrected chi connectivity index (χ3v) is 3.36. The molecule has 1 heterocycles. The van der Waals surface area contributed by atoms with Crippen molar-refractivity contribution in [2.75, 3.05) is 6.61 Å². The molecule has 2 rings (SSSR count). The highest BCUT2D eigenvalue weighted by atomic mass is 19.2. The van der Waals surface area contributed by atoms with E-state index in [1.54, 1.807) is 6.92 Å². The summed E-state index contributed by atoms with van der Waals surface area (Å²) in [5.74, 6) is -3.51. The molecule has 8 heteroatoms. The number of nitrogens with one attached hydrogen (secondary N) is 1. The molecule has 1 aromatic rings. The molecule has 1 N–H and O–H groups in total. The number of ether oxygens (including phenoxy) is 1. The van der Waals surface area contributed by atoms with Crippen LogP contribution in [0.2, 0.25) is 0 Å². The Morgan fingerprint density at radius 2 is 2.14 bits per heavy atom. The fourth-order valence-electron chi connectivity index (χ4n) is 2.24. The van der Waals surface area contributed by atoms with E-state index in [0.29, 0.717) is 18.7 Å². The lowest BCUT2D eigenvalue weighted by molar-refractivity contribution is -0.385. The van der Waals surface area contributed by atoms with E-state index in [9.17, 15) is 23.7 Å². The summed E-state index contributed by atoms with van der Waals surface area (Å²) >= 11 is 0. The highest BCUT2D eigenvalue weighted by molar-refractivity contribution is 5.98. The highest BCUT2D eigenvalue weighted by Gasteiger charge is 2.28. The van der Waals surface area contributed by atoms with E-state index in [2.05, 4.69) is 5.32 Å². The van der Waals surface area contributed by atoms with Crippen LogP contribution in [-0.4, -0.2) is 29.6 Å². The predicted molar refractivity (Wildman–Crippen MR) is 68.9 cm³/mol. The Hall–Kier alpha value is -2.09. The first kappa shape index (κ1) is 15.3. The minimum atomic E-state index is -1.37. The number of rotatable bonds is 4. The van der Waals surface area contributed by atoms with Crippen molar-refractivity contribution in [1.82, 2.24) is 5.32 Å². The minimum Gasteiger partial charge on any atom is -0.376 e. The van der Waals surface area contributed by atoms with E-state index in [1.165, 1.54) is 0 Å². The molecular formula is C13H14F2N2O4. The van der Waals surface area contributed by atoms with Crippen LogP contribution in [0.1, 0.15) is 30.1 Å². The fourth-order valence-corrected chi connectivity index (χ4v) is 2.24. The monoisotopic (exact) mass is 300 g/mol. The largest absolute Gasteiger partial charge is 0.376 e. The van der Waals surface area contributed by atoms with Crippen LogP contribution in [0.3, 0.4) is 0 Å². The Morgan fingerprint density at radius 3 is 2.71 bits per heavy atom. The van der Waals surface area contributed by atoms with Gasteiger partial charge in [-0.15, -0.1) is 0 Å². The second-order valence-corrected chi connectivity index (χ2v) is 4.85. The number of carbonyl (C=O) groups is 1. The van der Waals surface area contributed by atoms with Gasteiger partial charge in [0, 0.05) is 6.61 Å². The summed E-state index contributed by atoms with van der Waals surface area (Å²) in [6.45, 7) is 2.29. The summed E-state index contributed by atoms with van der Waals surface area (Å²) in [7, 11) is 0. The van der Waals surface area contributed by atoms with Gasteiger partial charge in [-0.2, -0.15) is 0 Å². The van der Waals surface area contributed by atoms with E-state index >= 15 is 0 Å². The van der Waals surface area contributed by atoms with E-state index in [0.717, 1.165) is 12.8 Å². The Labute approximate surface area is 119 Å². The number of halogens is 2. The van der Waals surface area contributed by atoms with E-state index in [-0.39, 0.29) is 12.1 Å². The number of benzene rings is 1. The van der Waals surface area contributed by atoms with E-state index in [4.69, 9.17) is 4.74 Å². The normalized spacial score (nSPS) is 19.3. The lowest BCUT2D eigenvalue weighted by Gasteiger charge is -2.19. The van der Waals surface area contributed by atoms with Crippen LogP contribution in [0.4, 0.5) is 14.5 Å². The van der Waals surface area contributed by atoms with Crippen molar-refractivity contribution in [1.29, 1.82) is 0 Å². The number of carbonyl (C=O) groups excluding carboxylic acids is 1. The molecule has 2 atom stereocenters.